The van der Waals surface area contributed by atoms with Crippen LogP contribution in [0.5, 0.6) is 0 Å². The third-order valence-corrected chi connectivity index (χ3v) is 6.42. The van der Waals surface area contributed by atoms with Crippen LogP contribution in [0.4, 0.5) is 10.1 Å². The molecule has 170 valence electrons. The molecule has 0 saturated carbocycles. The fraction of sp³-hybridized carbons (Fsp3) is 0.409. The van der Waals surface area contributed by atoms with Crippen LogP contribution < -0.4 is 15.5 Å². The lowest BCUT2D eigenvalue weighted by molar-refractivity contribution is 0.461. The van der Waals surface area contributed by atoms with E-state index < -0.39 is 9.84 Å². The molecular weight excluding hydrogens is 530 g/mol. The molecule has 31 heavy (non-hydrogen) atoms. The molecule has 0 atom stereocenters. The van der Waals surface area contributed by atoms with Crippen LogP contribution in [0.1, 0.15) is 18.4 Å². The summed E-state index contributed by atoms with van der Waals surface area (Å²) in [5.41, 5.74) is 1.99. The van der Waals surface area contributed by atoms with Gasteiger partial charge in [-0.05, 0) is 55.2 Å². The number of benzene rings is 2. The quantitative estimate of drug-likeness (QED) is 0.323. The smallest absolute Gasteiger partial charge is 0.191 e. The van der Waals surface area contributed by atoms with Crippen LogP contribution in [0.3, 0.4) is 0 Å². The van der Waals surface area contributed by atoms with Crippen molar-refractivity contribution in [1.82, 2.24) is 10.6 Å². The summed E-state index contributed by atoms with van der Waals surface area (Å²) in [6.45, 7) is 2.43. The first-order valence-electron chi connectivity index (χ1n) is 10.1. The maximum absolute atomic E-state index is 13.4. The fourth-order valence-corrected chi connectivity index (χ4v) is 4.20. The summed E-state index contributed by atoms with van der Waals surface area (Å²) < 4.78 is 36.5. The third-order valence-electron chi connectivity index (χ3n) is 5.29. The molecule has 2 aromatic rings. The summed E-state index contributed by atoms with van der Waals surface area (Å²) in [4.78, 5) is 6.84. The molecule has 1 heterocycles. The van der Waals surface area contributed by atoms with Gasteiger partial charge in [-0.2, -0.15) is 0 Å². The van der Waals surface area contributed by atoms with E-state index in [0.717, 1.165) is 49.6 Å². The van der Waals surface area contributed by atoms with E-state index in [0.29, 0.717) is 17.5 Å². The van der Waals surface area contributed by atoms with Crippen LogP contribution in [0.2, 0.25) is 0 Å². The number of aliphatic imine (C=N–C) groups is 1. The Labute approximate surface area is 201 Å². The molecule has 0 bridgehead atoms. The minimum atomic E-state index is -3.16. The number of halogens is 2. The Morgan fingerprint density at radius 3 is 2.42 bits per heavy atom. The predicted molar refractivity (Wildman–Crippen MR) is 135 cm³/mol. The van der Waals surface area contributed by atoms with Gasteiger partial charge in [0.1, 0.15) is 5.82 Å². The van der Waals surface area contributed by atoms with Crippen LogP contribution in [0.15, 0.2) is 58.4 Å². The largest absolute Gasteiger partial charge is 0.371 e. The van der Waals surface area contributed by atoms with E-state index in [9.17, 15) is 12.8 Å². The monoisotopic (exact) mass is 560 g/mol. The van der Waals surface area contributed by atoms with Crippen molar-refractivity contribution in [3.05, 3.63) is 59.9 Å². The molecule has 0 unspecified atom stereocenters. The first kappa shape index (κ1) is 25.4. The van der Waals surface area contributed by atoms with Crippen LogP contribution in [0.25, 0.3) is 0 Å². The van der Waals surface area contributed by atoms with E-state index >= 15 is 0 Å². The predicted octanol–water partition coefficient (Wildman–Crippen LogP) is 3.22. The first-order valence-corrected chi connectivity index (χ1v) is 12.0. The van der Waals surface area contributed by atoms with Gasteiger partial charge in [0.15, 0.2) is 15.8 Å². The summed E-state index contributed by atoms with van der Waals surface area (Å²) in [6.07, 6.45) is 3.87. The zero-order chi connectivity index (χ0) is 21.6. The normalized spacial score (nSPS) is 15.3. The molecule has 1 fully saturated rings. The zero-order valence-electron chi connectivity index (χ0n) is 17.8. The number of nitrogens with zero attached hydrogens (tertiary/aromatic N) is 2. The maximum Gasteiger partial charge on any atom is 0.191 e. The van der Waals surface area contributed by atoms with Gasteiger partial charge in [0.05, 0.1) is 4.90 Å². The van der Waals surface area contributed by atoms with Gasteiger partial charge in [-0.1, -0.05) is 18.2 Å². The molecular formula is C22H30FIN4O2S. The molecule has 2 aromatic carbocycles. The van der Waals surface area contributed by atoms with Crippen molar-refractivity contribution < 1.29 is 12.8 Å². The molecule has 0 radical (unpaired) electrons. The van der Waals surface area contributed by atoms with Crippen molar-refractivity contribution in [3.63, 3.8) is 0 Å². The van der Waals surface area contributed by atoms with E-state index in [4.69, 9.17) is 0 Å². The molecule has 0 amide bonds. The Kier molecular flexibility index (Phi) is 9.54. The third kappa shape index (κ3) is 7.64. The van der Waals surface area contributed by atoms with Gasteiger partial charge < -0.3 is 15.5 Å². The molecule has 0 aromatic heterocycles. The van der Waals surface area contributed by atoms with Crippen molar-refractivity contribution in [2.24, 2.45) is 4.99 Å². The summed E-state index contributed by atoms with van der Waals surface area (Å²) >= 11 is 0. The second-order valence-electron chi connectivity index (χ2n) is 7.55. The molecule has 3 rings (SSSR count). The second kappa shape index (κ2) is 11.7. The average Bonchev–Trinajstić information content (AvgIpc) is 2.73. The molecule has 1 saturated heterocycles. The molecule has 1 aliphatic rings. The van der Waals surface area contributed by atoms with Crippen molar-refractivity contribution in [2.75, 3.05) is 37.8 Å². The molecule has 0 aliphatic carbocycles. The molecule has 1 aliphatic heterocycles. The summed E-state index contributed by atoms with van der Waals surface area (Å²) in [5, 5.41) is 6.78. The number of nitrogens with one attached hydrogen (secondary N) is 2. The lowest BCUT2D eigenvalue weighted by atomic mass is 10.0. The highest BCUT2D eigenvalue weighted by molar-refractivity contribution is 14.0. The molecule has 2 N–H and O–H groups in total. The number of guanidine groups is 1. The Bertz CT molecular complexity index is 975. The van der Waals surface area contributed by atoms with Crippen LogP contribution in [-0.2, 0) is 16.3 Å². The zero-order valence-corrected chi connectivity index (χ0v) is 21.0. The Morgan fingerprint density at radius 2 is 1.84 bits per heavy atom. The van der Waals surface area contributed by atoms with Crippen molar-refractivity contribution in [3.8, 4) is 0 Å². The van der Waals surface area contributed by atoms with Gasteiger partial charge >= 0.3 is 0 Å². The second-order valence-corrected chi connectivity index (χ2v) is 9.57. The van der Waals surface area contributed by atoms with E-state index in [2.05, 4.69) is 20.5 Å². The number of sulfone groups is 1. The van der Waals surface area contributed by atoms with Crippen LogP contribution in [-0.4, -0.2) is 53.4 Å². The topological polar surface area (TPSA) is 73.8 Å². The number of rotatable bonds is 6. The first-order chi connectivity index (χ1) is 14.3. The lowest BCUT2D eigenvalue weighted by Gasteiger charge is -2.34. The van der Waals surface area contributed by atoms with Crippen molar-refractivity contribution in [1.29, 1.82) is 0 Å². The highest BCUT2D eigenvalue weighted by Crippen LogP contribution is 2.20. The van der Waals surface area contributed by atoms with E-state index in [1.807, 2.05) is 18.2 Å². The molecule has 9 heteroatoms. The summed E-state index contributed by atoms with van der Waals surface area (Å²) in [6, 6.07) is 14.0. The van der Waals surface area contributed by atoms with E-state index in [1.54, 1.807) is 31.3 Å². The number of hydrogen-bond acceptors (Lipinski definition) is 4. The van der Waals surface area contributed by atoms with Gasteiger partial charge in [0.25, 0.3) is 0 Å². The standard InChI is InChI=1S/C22H29FN4O2S.HI/c1-24-22(25-13-10-17-6-8-21(9-7-17)30(2,28)29)26-19-11-14-27(15-12-19)20-5-3-4-18(23)16-20;/h3-9,16,19H,10-15H2,1-2H3,(H2,24,25,26);1H. The highest BCUT2D eigenvalue weighted by atomic mass is 127. The Hall–Kier alpha value is -1.88. The van der Waals surface area contributed by atoms with Gasteiger partial charge in [-0.3, -0.25) is 4.99 Å². The summed E-state index contributed by atoms with van der Waals surface area (Å²) in [5.74, 6) is 0.551. The Balaban J connectivity index is 0.00000341. The van der Waals surface area contributed by atoms with Crippen LogP contribution in [0, 0.1) is 5.82 Å². The van der Waals surface area contributed by atoms with Gasteiger partial charge in [0, 0.05) is 44.7 Å². The van der Waals surface area contributed by atoms with E-state index in [1.165, 1.54) is 12.3 Å². The fourth-order valence-electron chi connectivity index (χ4n) is 3.57. The molecule has 0 spiro atoms. The lowest BCUT2D eigenvalue weighted by Crippen LogP contribution is -2.49. The van der Waals surface area contributed by atoms with E-state index in [-0.39, 0.29) is 29.8 Å². The summed E-state index contributed by atoms with van der Waals surface area (Å²) in [7, 11) is -1.42. The minimum absolute atomic E-state index is 0. The van der Waals surface area contributed by atoms with Gasteiger partial charge in [-0.25, -0.2) is 12.8 Å². The SMILES string of the molecule is CN=C(NCCc1ccc(S(C)(=O)=O)cc1)NC1CCN(c2cccc(F)c2)CC1.I. The van der Waals surface area contributed by atoms with Crippen molar-refractivity contribution >= 4 is 45.5 Å². The van der Waals surface area contributed by atoms with Gasteiger partial charge in [-0.15, -0.1) is 24.0 Å². The van der Waals surface area contributed by atoms with Gasteiger partial charge in [0.2, 0.25) is 0 Å². The average molecular weight is 560 g/mol. The number of hydrogen-bond donors (Lipinski definition) is 2. The molecule has 6 nitrogen and oxygen atoms in total. The number of anilines is 1. The number of piperidine rings is 1. The highest BCUT2D eigenvalue weighted by Gasteiger charge is 2.20. The Morgan fingerprint density at radius 1 is 1.16 bits per heavy atom. The van der Waals surface area contributed by atoms with Crippen LogP contribution >= 0.6 is 24.0 Å². The minimum Gasteiger partial charge on any atom is -0.371 e. The maximum atomic E-state index is 13.4. The van der Waals surface area contributed by atoms with Crippen molar-refractivity contribution in [2.45, 2.75) is 30.2 Å².